The fourth-order valence-electron chi connectivity index (χ4n) is 0.714. The number of halogens is 1. The van der Waals surface area contributed by atoms with Crippen LogP contribution in [0.25, 0.3) is 0 Å². The van der Waals surface area contributed by atoms with E-state index in [9.17, 15) is 0 Å². The standard InChI is InChI=1S/C7H9ClO2/c1-9-5-7-3-2-6(4-8)10-7/h2-3H,4-5H2,1H3. The van der Waals surface area contributed by atoms with Crippen LogP contribution in [-0.2, 0) is 17.2 Å². The maximum Gasteiger partial charge on any atom is 0.129 e. The van der Waals surface area contributed by atoms with Crippen LogP contribution in [0.15, 0.2) is 16.5 Å². The molecule has 0 N–H and O–H groups in total. The first-order valence-electron chi connectivity index (χ1n) is 2.99. The third-order valence-electron chi connectivity index (χ3n) is 1.14. The van der Waals surface area contributed by atoms with Crippen molar-refractivity contribution < 1.29 is 9.15 Å². The molecule has 0 aliphatic carbocycles. The first kappa shape index (κ1) is 7.63. The summed E-state index contributed by atoms with van der Waals surface area (Å²) in [6, 6.07) is 3.71. The molecule has 1 heterocycles. The summed E-state index contributed by atoms with van der Waals surface area (Å²) in [4.78, 5) is 0. The molecule has 0 saturated heterocycles. The summed E-state index contributed by atoms with van der Waals surface area (Å²) in [6.45, 7) is 0.511. The highest BCUT2D eigenvalue weighted by molar-refractivity contribution is 6.16. The monoisotopic (exact) mass is 160 g/mol. The summed E-state index contributed by atoms with van der Waals surface area (Å²) in [6.07, 6.45) is 0. The van der Waals surface area contributed by atoms with E-state index in [0.29, 0.717) is 12.5 Å². The smallest absolute Gasteiger partial charge is 0.129 e. The molecule has 0 unspecified atom stereocenters. The highest BCUT2D eigenvalue weighted by Crippen LogP contribution is 2.10. The van der Waals surface area contributed by atoms with Gasteiger partial charge in [0, 0.05) is 7.11 Å². The van der Waals surface area contributed by atoms with Gasteiger partial charge in [-0.05, 0) is 12.1 Å². The second-order valence-electron chi connectivity index (χ2n) is 1.93. The van der Waals surface area contributed by atoms with E-state index >= 15 is 0 Å². The maximum atomic E-state index is 5.51. The lowest BCUT2D eigenvalue weighted by molar-refractivity contribution is 0.163. The zero-order valence-electron chi connectivity index (χ0n) is 5.76. The Balaban J connectivity index is 2.59. The van der Waals surface area contributed by atoms with Gasteiger partial charge in [0.25, 0.3) is 0 Å². The first-order valence-corrected chi connectivity index (χ1v) is 3.52. The fourth-order valence-corrected chi connectivity index (χ4v) is 0.858. The van der Waals surface area contributed by atoms with Gasteiger partial charge < -0.3 is 9.15 Å². The Morgan fingerprint density at radius 1 is 1.50 bits per heavy atom. The van der Waals surface area contributed by atoms with Gasteiger partial charge in [0.1, 0.15) is 18.1 Å². The lowest BCUT2D eigenvalue weighted by atomic mass is 10.4. The number of hydrogen-bond acceptors (Lipinski definition) is 2. The summed E-state index contributed by atoms with van der Waals surface area (Å²) in [5.74, 6) is 2.02. The van der Waals surface area contributed by atoms with Crippen LogP contribution in [-0.4, -0.2) is 7.11 Å². The molecule has 0 radical (unpaired) electrons. The van der Waals surface area contributed by atoms with Crippen LogP contribution < -0.4 is 0 Å². The third-order valence-corrected chi connectivity index (χ3v) is 1.40. The van der Waals surface area contributed by atoms with Gasteiger partial charge in [-0.15, -0.1) is 11.6 Å². The molecule has 0 bridgehead atoms. The van der Waals surface area contributed by atoms with Crippen molar-refractivity contribution in [3.05, 3.63) is 23.7 Å². The average Bonchev–Trinajstić information content (AvgIpc) is 2.37. The van der Waals surface area contributed by atoms with E-state index in [1.54, 1.807) is 7.11 Å². The van der Waals surface area contributed by atoms with Crippen molar-refractivity contribution in [3.63, 3.8) is 0 Å². The topological polar surface area (TPSA) is 22.4 Å². The molecule has 1 rings (SSSR count). The van der Waals surface area contributed by atoms with Crippen LogP contribution in [0.2, 0.25) is 0 Å². The van der Waals surface area contributed by atoms with Gasteiger partial charge in [-0.3, -0.25) is 0 Å². The lowest BCUT2D eigenvalue weighted by Gasteiger charge is -1.91. The van der Waals surface area contributed by atoms with Gasteiger partial charge in [-0.2, -0.15) is 0 Å². The Kier molecular flexibility index (Phi) is 2.78. The second kappa shape index (κ2) is 3.64. The van der Waals surface area contributed by atoms with Crippen LogP contribution in [0.4, 0.5) is 0 Å². The Bertz CT molecular complexity index is 195. The zero-order valence-corrected chi connectivity index (χ0v) is 6.52. The molecular weight excluding hydrogens is 152 g/mol. The van der Waals surface area contributed by atoms with E-state index in [-0.39, 0.29) is 0 Å². The van der Waals surface area contributed by atoms with Crippen molar-refractivity contribution >= 4 is 11.6 Å². The van der Waals surface area contributed by atoms with Crippen molar-refractivity contribution in [2.45, 2.75) is 12.5 Å². The van der Waals surface area contributed by atoms with Gasteiger partial charge in [0.2, 0.25) is 0 Å². The quantitative estimate of drug-likeness (QED) is 0.633. The molecule has 0 fully saturated rings. The van der Waals surface area contributed by atoms with Crippen LogP contribution in [0.1, 0.15) is 11.5 Å². The third kappa shape index (κ3) is 1.75. The molecule has 0 aliphatic rings. The van der Waals surface area contributed by atoms with Crippen molar-refractivity contribution in [1.82, 2.24) is 0 Å². The Morgan fingerprint density at radius 3 is 2.70 bits per heavy atom. The molecule has 1 aromatic rings. The number of rotatable bonds is 3. The van der Waals surface area contributed by atoms with E-state index in [4.69, 9.17) is 20.8 Å². The van der Waals surface area contributed by atoms with Crippen molar-refractivity contribution in [3.8, 4) is 0 Å². The molecule has 3 heteroatoms. The summed E-state index contributed by atoms with van der Waals surface area (Å²) in [5, 5.41) is 0. The minimum absolute atomic E-state index is 0.420. The molecule has 0 spiro atoms. The van der Waals surface area contributed by atoms with Crippen LogP contribution in [0, 0.1) is 0 Å². The van der Waals surface area contributed by atoms with Crippen molar-refractivity contribution in [2.75, 3.05) is 7.11 Å². The summed E-state index contributed by atoms with van der Waals surface area (Å²) in [7, 11) is 1.63. The predicted molar refractivity (Wildman–Crippen MR) is 39.0 cm³/mol. The first-order chi connectivity index (χ1) is 4.86. The molecule has 2 nitrogen and oxygen atoms in total. The number of furan rings is 1. The van der Waals surface area contributed by atoms with E-state index < -0.39 is 0 Å². The highest BCUT2D eigenvalue weighted by atomic mass is 35.5. The van der Waals surface area contributed by atoms with Gasteiger partial charge in [-0.25, -0.2) is 0 Å². The van der Waals surface area contributed by atoms with E-state index in [1.165, 1.54) is 0 Å². The van der Waals surface area contributed by atoms with E-state index in [0.717, 1.165) is 11.5 Å². The summed E-state index contributed by atoms with van der Waals surface area (Å²) in [5.41, 5.74) is 0. The predicted octanol–water partition coefficient (Wildman–Crippen LogP) is 2.16. The molecular formula is C7H9ClO2. The van der Waals surface area contributed by atoms with E-state index in [2.05, 4.69) is 0 Å². The van der Waals surface area contributed by atoms with Gasteiger partial charge >= 0.3 is 0 Å². The lowest BCUT2D eigenvalue weighted by Crippen LogP contribution is -1.81. The number of ether oxygens (including phenoxy) is 1. The van der Waals surface area contributed by atoms with Crippen LogP contribution in [0.5, 0.6) is 0 Å². The molecule has 56 valence electrons. The summed E-state index contributed by atoms with van der Waals surface area (Å²) >= 11 is 5.51. The van der Waals surface area contributed by atoms with Gasteiger partial charge in [0.15, 0.2) is 0 Å². The summed E-state index contributed by atoms with van der Waals surface area (Å²) < 4.78 is 10.1. The Morgan fingerprint density at radius 2 is 2.20 bits per heavy atom. The Hall–Kier alpha value is -0.470. The Labute approximate surface area is 64.7 Å². The molecule has 0 aliphatic heterocycles. The average molecular weight is 161 g/mol. The molecule has 0 aromatic carbocycles. The molecule has 0 amide bonds. The minimum Gasteiger partial charge on any atom is -0.462 e. The van der Waals surface area contributed by atoms with Crippen molar-refractivity contribution in [1.29, 1.82) is 0 Å². The largest absolute Gasteiger partial charge is 0.462 e. The SMILES string of the molecule is COCc1ccc(CCl)o1. The van der Waals surface area contributed by atoms with Crippen LogP contribution in [0.3, 0.4) is 0 Å². The molecule has 10 heavy (non-hydrogen) atoms. The molecule has 0 saturated carbocycles. The van der Waals surface area contributed by atoms with Gasteiger partial charge in [0.05, 0.1) is 5.88 Å². The van der Waals surface area contributed by atoms with Crippen LogP contribution >= 0.6 is 11.6 Å². The maximum absolute atomic E-state index is 5.51. The molecule has 1 aromatic heterocycles. The molecule has 0 atom stereocenters. The normalized spacial score (nSPS) is 10.2. The highest BCUT2D eigenvalue weighted by Gasteiger charge is 1.98. The number of methoxy groups -OCH3 is 1. The van der Waals surface area contributed by atoms with Crippen molar-refractivity contribution in [2.24, 2.45) is 0 Å². The number of hydrogen-bond donors (Lipinski definition) is 0. The minimum atomic E-state index is 0.420. The zero-order chi connectivity index (χ0) is 7.40. The number of alkyl halides is 1. The fraction of sp³-hybridized carbons (Fsp3) is 0.429. The van der Waals surface area contributed by atoms with E-state index in [1.807, 2.05) is 12.1 Å². The van der Waals surface area contributed by atoms with Gasteiger partial charge in [-0.1, -0.05) is 0 Å². The second-order valence-corrected chi connectivity index (χ2v) is 2.20.